The number of fused-ring (bicyclic) bond motifs is 14. The van der Waals surface area contributed by atoms with Gasteiger partial charge >= 0.3 is 0 Å². The largest absolute Gasteiger partial charge is 0.455 e. The van der Waals surface area contributed by atoms with Crippen LogP contribution in [0.2, 0.25) is 0 Å². The quantitative estimate of drug-likeness (QED) is 0.257. The van der Waals surface area contributed by atoms with E-state index in [2.05, 4.69) is 91.0 Å². The Morgan fingerprint density at radius 2 is 1.24 bits per heavy atom. The summed E-state index contributed by atoms with van der Waals surface area (Å²) in [5.74, 6) is 0. The van der Waals surface area contributed by atoms with Gasteiger partial charge in [-0.2, -0.15) is 0 Å². The van der Waals surface area contributed by atoms with Gasteiger partial charge < -0.3 is 10.2 Å². The number of furan rings is 1. The molecule has 0 amide bonds. The van der Waals surface area contributed by atoms with Crippen molar-refractivity contribution in [1.29, 1.82) is 0 Å². The number of nitrogen functional groups attached to an aromatic ring is 1. The number of hydrogen-bond donors (Lipinski definition) is 1. The van der Waals surface area contributed by atoms with E-state index in [9.17, 15) is 0 Å². The van der Waals surface area contributed by atoms with Crippen LogP contribution in [-0.4, -0.2) is 0 Å². The molecule has 2 heteroatoms. The molecule has 0 saturated carbocycles. The second-order valence-electron chi connectivity index (χ2n) is 9.11. The lowest BCUT2D eigenvalue weighted by Crippen LogP contribution is -2.25. The Hall–Kier alpha value is -4.30. The first-order chi connectivity index (χ1) is 16.3. The zero-order chi connectivity index (χ0) is 21.7. The Kier molecular flexibility index (Phi) is 3.00. The lowest BCUT2D eigenvalue weighted by Gasteiger charge is -2.30. The van der Waals surface area contributed by atoms with Gasteiger partial charge in [0, 0.05) is 22.0 Å². The number of rotatable bonds is 0. The van der Waals surface area contributed by atoms with Crippen LogP contribution in [0.5, 0.6) is 0 Å². The molecule has 6 aromatic rings. The normalized spacial score (nSPS) is 14.4. The fourth-order valence-electron chi connectivity index (χ4n) is 6.42. The molecule has 0 atom stereocenters. The monoisotopic (exact) mass is 421 g/mol. The van der Waals surface area contributed by atoms with E-state index in [0.29, 0.717) is 0 Å². The van der Waals surface area contributed by atoms with E-state index >= 15 is 0 Å². The molecule has 1 aromatic heterocycles. The van der Waals surface area contributed by atoms with Crippen LogP contribution >= 0.6 is 0 Å². The van der Waals surface area contributed by atoms with Crippen molar-refractivity contribution < 1.29 is 4.42 Å². The average molecular weight is 421 g/mol. The number of benzene rings is 5. The third-order valence-corrected chi connectivity index (χ3v) is 7.62. The molecule has 0 fully saturated rings. The van der Waals surface area contributed by atoms with Gasteiger partial charge in [0.2, 0.25) is 0 Å². The third kappa shape index (κ3) is 1.88. The maximum absolute atomic E-state index is 6.53. The molecule has 1 heterocycles. The molecule has 2 aliphatic rings. The third-order valence-electron chi connectivity index (χ3n) is 7.62. The molecule has 0 bridgehead atoms. The van der Waals surface area contributed by atoms with E-state index in [1.165, 1.54) is 44.5 Å². The van der Waals surface area contributed by atoms with Gasteiger partial charge in [0.25, 0.3) is 0 Å². The van der Waals surface area contributed by atoms with Gasteiger partial charge in [-0.15, -0.1) is 0 Å². The minimum absolute atomic E-state index is 0.402. The molecule has 1 spiro atoms. The first kappa shape index (κ1) is 17.3. The zero-order valence-corrected chi connectivity index (χ0v) is 17.8. The highest BCUT2D eigenvalue weighted by Gasteiger charge is 2.52. The number of hydrogen-bond acceptors (Lipinski definition) is 2. The second-order valence-corrected chi connectivity index (χ2v) is 9.11. The van der Waals surface area contributed by atoms with E-state index in [0.717, 1.165) is 27.6 Å². The molecule has 5 aromatic carbocycles. The second kappa shape index (κ2) is 5.73. The number of anilines is 1. The maximum Gasteiger partial charge on any atom is 0.143 e. The fraction of sp³-hybridized carbons (Fsp3) is 0.0323. The van der Waals surface area contributed by atoms with E-state index in [1.54, 1.807) is 0 Å². The Bertz CT molecular complexity index is 1740. The van der Waals surface area contributed by atoms with Gasteiger partial charge in [0.05, 0.1) is 5.41 Å². The summed E-state index contributed by atoms with van der Waals surface area (Å²) in [7, 11) is 0. The SMILES string of the molecule is Nc1ccc2c(c1)C1(c3ccccc3-c3ccccc31)c1ccc3c(oc4ccccc43)c1-2. The van der Waals surface area contributed by atoms with Crippen LogP contribution in [0, 0.1) is 0 Å². The standard InChI is InChI=1S/C31H19NO/c32-18-13-14-23-27(17-18)31(24-10-4-1-7-19(24)20-8-2-5-11-25(20)31)26-16-15-22-21-9-3-6-12-28(21)33-30(22)29(23)26/h1-17H,32H2. The number of nitrogens with two attached hydrogens (primary N) is 1. The minimum Gasteiger partial charge on any atom is -0.455 e. The molecule has 154 valence electrons. The van der Waals surface area contributed by atoms with E-state index < -0.39 is 5.41 Å². The van der Waals surface area contributed by atoms with Crippen LogP contribution in [0.4, 0.5) is 5.69 Å². The predicted octanol–water partition coefficient (Wildman–Crippen LogP) is 7.51. The molecular weight excluding hydrogens is 402 g/mol. The topological polar surface area (TPSA) is 39.2 Å². The van der Waals surface area contributed by atoms with Crippen molar-refractivity contribution in [1.82, 2.24) is 0 Å². The van der Waals surface area contributed by atoms with Crippen molar-refractivity contribution in [3.05, 3.63) is 125 Å². The summed E-state index contributed by atoms with van der Waals surface area (Å²) < 4.78 is 6.53. The number of para-hydroxylation sites is 1. The van der Waals surface area contributed by atoms with Gasteiger partial charge in [-0.1, -0.05) is 84.9 Å². The van der Waals surface area contributed by atoms with E-state index in [1.807, 2.05) is 12.1 Å². The van der Waals surface area contributed by atoms with Crippen LogP contribution in [0.1, 0.15) is 22.3 Å². The molecule has 2 aliphatic carbocycles. The van der Waals surface area contributed by atoms with Gasteiger partial charge in [-0.3, -0.25) is 0 Å². The summed E-state index contributed by atoms with van der Waals surface area (Å²) in [6.45, 7) is 0. The summed E-state index contributed by atoms with van der Waals surface area (Å²) in [4.78, 5) is 0. The lowest BCUT2D eigenvalue weighted by molar-refractivity contribution is 0.669. The first-order valence-corrected chi connectivity index (χ1v) is 11.3. The highest BCUT2D eigenvalue weighted by Crippen LogP contribution is 2.64. The molecule has 0 radical (unpaired) electrons. The Morgan fingerprint density at radius 3 is 2.03 bits per heavy atom. The maximum atomic E-state index is 6.53. The smallest absolute Gasteiger partial charge is 0.143 e. The summed E-state index contributed by atoms with van der Waals surface area (Å²) in [6, 6.07) is 36.8. The predicted molar refractivity (Wildman–Crippen MR) is 134 cm³/mol. The first-order valence-electron chi connectivity index (χ1n) is 11.3. The molecule has 0 saturated heterocycles. The molecule has 8 rings (SSSR count). The highest BCUT2D eigenvalue weighted by molar-refractivity contribution is 6.13. The Morgan fingerprint density at radius 1 is 0.545 bits per heavy atom. The van der Waals surface area contributed by atoms with Crippen molar-refractivity contribution in [3.63, 3.8) is 0 Å². The van der Waals surface area contributed by atoms with Crippen molar-refractivity contribution in [2.75, 3.05) is 5.73 Å². The van der Waals surface area contributed by atoms with Crippen LogP contribution in [-0.2, 0) is 5.41 Å². The van der Waals surface area contributed by atoms with Crippen LogP contribution < -0.4 is 5.73 Å². The Labute approximate surface area is 190 Å². The Balaban J connectivity index is 1.63. The molecule has 0 aliphatic heterocycles. The summed E-state index contributed by atoms with van der Waals surface area (Å²) in [5, 5.41) is 2.31. The molecular formula is C31H19NO. The fourth-order valence-corrected chi connectivity index (χ4v) is 6.42. The van der Waals surface area contributed by atoms with Crippen LogP contribution in [0.25, 0.3) is 44.2 Å². The van der Waals surface area contributed by atoms with E-state index in [4.69, 9.17) is 10.2 Å². The van der Waals surface area contributed by atoms with Crippen molar-refractivity contribution in [2.45, 2.75) is 5.41 Å². The summed E-state index contributed by atoms with van der Waals surface area (Å²) in [6.07, 6.45) is 0. The lowest BCUT2D eigenvalue weighted by atomic mass is 9.70. The van der Waals surface area contributed by atoms with Gasteiger partial charge in [0.1, 0.15) is 11.2 Å². The van der Waals surface area contributed by atoms with Gasteiger partial charge in [-0.25, -0.2) is 0 Å². The van der Waals surface area contributed by atoms with Gasteiger partial charge in [-0.05, 0) is 57.1 Å². The molecule has 2 nitrogen and oxygen atoms in total. The average Bonchev–Trinajstić information content (AvgIpc) is 3.47. The molecule has 2 N–H and O–H groups in total. The van der Waals surface area contributed by atoms with Crippen LogP contribution in [0.15, 0.2) is 108 Å². The summed E-state index contributed by atoms with van der Waals surface area (Å²) in [5.41, 5.74) is 18.8. The van der Waals surface area contributed by atoms with Crippen molar-refractivity contribution in [2.24, 2.45) is 0 Å². The summed E-state index contributed by atoms with van der Waals surface area (Å²) >= 11 is 0. The van der Waals surface area contributed by atoms with Crippen molar-refractivity contribution >= 4 is 27.6 Å². The zero-order valence-electron chi connectivity index (χ0n) is 17.8. The highest BCUT2D eigenvalue weighted by atomic mass is 16.3. The minimum atomic E-state index is -0.402. The molecule has 0 unspecified atom stereocenters. The van der Waals surface area contributed by atoms with Crippen molar-refractivity contribution in [3.8, 4) is 22.3 Å². The molecule has 33 heavy (non-hydrogen) atoms. The van der Waals surface area contributed by atoms with Crippen LogP contribution in [0.3, 0.4) is 0 Å². The van der Waals surface area contributed by atoms with E-state index in [-0.39, 0.29) is 0 Å². The van der Waals surface area contributed by atoms with Gasteiger partial charge in [0.15, 0.2) is 0 Å².